The Hall–Kier alpha value is -4.99. The smallest absolute Gasteiger partial charge is 0.280 e. The number of nitrogens with zero attached hydrogens (tertiary/aromatic N) is 5. The van der Waals surface area contributed by atoms with Crippen molar-refractivity contribution in [3.8, 4) is 34.1 Å². The van der Waals surface area contributed by atoms with Gasteiger partial charge in [0.25, 0.3) is 5.91 Å². The van der Waals surface area contributed by atoms with Gasteiger partial charge in [0.2, 0.25) is 0 Å². The molecule has 3 heterocycles. The molecule has 0 atom stereocenters. The molecule has 0 aliphatic heterocycles. The van der Waals surface area contributed by atoms with Gasteiger partial charge < -0.3 is 14.8 Å². The lowest BCUT2D eigenvalue weighted by atomic mass is 10.1. The zero-order valence-electron chi connectivity index (χ0n) is 20.1. The Morgan fingerprint density at radius 3 is 2.49 bits per heavy atom. The highest BCUT2D eigenvalue weighted by atomic mass is 19.1. The summed E-state index contributed by atoms with van der Waals surface area (Å²) in [7, 11) is 1.85. The summed E-state index contributed by atoms with van der Waals surface area (Å²) in [5.41, 5.74) is 2.97. The van der Waals surface area contributed by atoms with Crippen molar-refractivity contribution in [2.24, 2.45) is 7.05 Å². The van der Waals surface area contributed by atoms with Gasteiger partial charge in [0.15, 0.2) is 11.4 Å². The number of nitrogens with one attached hydrogen (secondary N) is 1. The number of aromatic nitrogens is 5. The second-order valence-electron chi connectivity index (χ2n) is 8.05. The number of carbonyl (C=O) groups excluding carboxylic acids is 1. The van der Waals surface area contributed by atoms with Crippen LogP contribution >= 0.6 is 0 Å². The number of hydrogen-bond donors (Lipinski definition) is 1. The van der Waals surface area contributed by atoms with Crippen LogP contribution in [-0.2, 0) is 7.05 Å². The number of amides is 1. The van der Waals surface area contributed by atoms with Crippen molar-refractivity contribution in [1.29, 1.82) is 0 Å². The van der Waals surface area contributed by atoms with Crippen molar-refractivity contribution in [1.82, 2.24) is 24.5 Å². The van der Waals surface area contributed by atoms with E-state index in [4.69, 9.17) is 9.47 Å². The van der Waals surface area contributed by atoms with Gasteiger partial charge in [-0.15, -0.1) is 0 Å². The van der Waals surface area contributed by atoms with Crippen molar-refractivity contribution in [3.63, 3.8) is 0 Å². The van der Waals surface area contributed by atoms with Crippen LogP contribution in [0.25, 0.3) is 16.8 Å². The second kappa shape index (κ2) is 10.3. The summed E-state index contributed by atoms with van der Waals surface area (Å²) in [6, 6.07) is 14.5. The Labute approximate surface area is 212 Å². The van der Waals surface area contributed by atoms with Gasteiger partial charge in [-0.2, -0.15) is 10.2 Å². The summed E-state index contributed by atoms with van der Waals surface area (Å²) < 4.78 is 28.2. The third-order valence-electron chi connectivity index (χ3n) is 5.42. The molecule has 9 nitrogen and oxygen atoms in total. The van der Waals surface area contributed by atoms with E-state index < -0.39 is 5.91 Å². The molecule has 37 heavy (non-hydrogen) atoms. The summed E-state index contributed by atoms with van der Waals surface area (Å²) in [6.07, 6.45) is 8.61. The minimum absolute atomic E-state index is 0.115. The Balaban J connectivity index is 1.32. The standard InChI is InChI=1S/C27H23FN6O3/c1-3-36-25-17-34(21-8-4-19(28)5-9-21)32-26(25)27(35)31-20-6-10-22(11-7-20)37-24-12-13-29-15-23(24)18-14-30-33(2)16-18/h4-17H,3H2,1-2H3,(H,31,35). The molecular formula is C27H23FN6O3. The molecule has 186 valence electrons. The molecule has 0 aliphatic rings. The van der Waals surface area contributed by atoms with Crippen LogP contribution in [0.15, 0.2) is 85.6 Å². The minimum atomic E-state index is -0.439. The van der Waals surface area contributed by atoms with Crippen molar-refractivity contribution in [2.45, 2.75) is 6.92 Å². The lowest BCUT2D eigenvalue weighted by Gasteiger charge is -2.11. The average molecular weight is 499 g/mol. The Kier molecular flexibility index (Phi) is 6.62. The third kappa shape index (κ3) is 5.32. The summed E-state index contributed by atoms with van der Waals surface area (Å²) in [5, 5.41) is 11.4. The maximum Gasteiger partial charge on any atom is 0.280 e. The van der Waals surface area contributed by atoms with E-state index in [1.165, 1.54) is 16.8 Å². The molecule has 1 amide bonds. The van der Waals surface area contributed by atoms with Gasteiger partial charge in [0, 0.05) is 42.5 Å². The van der Waals surface area contributed by atoms with Crippen LogP contribution in [0.5, 0.6) is 17.2 Å². The maximum atomic E-state index is 13.3. The van der Waals surface area contributed by atoms with Gasteiger partial charge in [-0.25, -0.2) is 9.07 Å². The molecule has 0 spiro atoms. The lowest BCUT2D eigenvalue weighted by molar-refractivity contribution is 0.101. The van der Waals surface area contributed by atoms with Crippen LogP contribution in [0.3, 0.4) is 0 Å². The minimum Gasteiger partial charge on any atom is -0.490 e. The number of anilines is 1. The number of carbonyl (C=O) groups is 1. The Bertz CT molecular complexity index is 1530. The first-order valence-electron chi connectivity index (χ1n) is 11.5. The maximum absolute atomic E-state index is 13.3. The van der Waals surface area contributed by atoms with Crippen molar-refractivity contribution < 1.29 is 18.7 Å². The fourth-order valence-corrected chi connectivity index (χ4v) is 3.67. The molecule has 0 aliphatic carbocycles. The van der Waals surface area contributed by atoms with Gasteiger partial charge in [0.05, 0.1) is 24.7 Å². The third-order valence-corrected chi connectivity index (χ3v) is 5.42. The van der Waals surface area contributed by atoms with Crippen LogP contribution in [0, 0.1) is 5.82 Å². The highest BCUT2D eigenvalue weighted by Crippen LogP contribution is 2.32. The Morgan fingerprint density at radius 1 is 1.00 bits per heavy atom. The first-order chi connectivity index (χ1) is 18.0. The van der Waals surface area contributed by atoms with Crippen molar-refractivity contribution >= 4 is 11.6 Å². The predicted molar refractivity (Wildman–Crippen MR) is 136 cm³/mol. The predicted octanol–water partition coefficient (Wildman–Crippen LogP) is 5.25. The number of pyridine rings is 1. The molecule has 0 radical (unpaired) electrons. The molecular weight excluding hydrogens is 475 g/mol. The molecule has 0 saturated heterocycles. The van der Waals surface area contributed by atoms with Crippen LogP contribution in [0.2, 0.25) is 0 Å². The van der Waals surface area contributed by atoms with E-state index in [-0.39, 0.29) is 11.5 Å². The van der Waals surface area contributed by atoms with E-state index in [1.54, 1.807) is 71.9 Å². The first-order valence-corrected chi connectivity index (χ1v) is 11.5. The number of halogens is 1. The van der Waals surface area contributed by atoms with Crippen LogP contribution in [0.1, 0.15) is 17.4 Å². The molecule has 10 heteroatoms. The van der Waals surface area contributed by atoms with Gasteiger partial charge >= 0.3 is 0 Å². The van der Waals surface area contributed by atoms with Crippen LogP contribution in [-0.4, -0.2) is 37.1 Å². The molecule has 2 aromatic carbocycles. The number of ether oxygens (including phenoxy) is 2. The fraction of sp³-hybridized carbons (Fsp3) is 0.111. The molecule has 0 fully saturated rings. The van der Waals surface area contributed by atoms with Gasteiger partial charge in [-0.3, -0.25) is 14.5 Å². The topological polar surface area (TPSA) is 96.1 Å². The zero-order chi connectivity index (χ0) is 25.8. The van der Waals surface area contributed by atoms with E-state index in [0.29, 0.717) is 35.2 Å². The van der Waals surface area contributed by atoms with Crippen LogP contribution < -0.4 is 14.8 Å². The lowest BCUT2D eigenvalue weighted by Crippen LogP contribution is -2.14. The van der Waals surface area contributed by atoms with Gasteiger partial charge in [-0.05, 0) is 61.5 Å². The summed E-state index contributed by atoms with van der Waals surface area (Å²) in [5.74, 6) is 0.747. The SMILES string of the molecule is CCOc1cn(-c2ccc(F)cc2)nc1C(=O)Nc1ccc(Oc2ccncc2-c2cnn(C)c2)cc1. The number of benzene rings is 2. The van der Waals surface area contributed by atoms with E-state index >= 15 is 0 Å². The number of hydrogen-bond acceptors (Lipinski definition) is 6. The molecule has 0 unspecified atom stereocenters. The van der Waals surface area contributed by atoms with Crippen molar-refractivity contribution in [3.05, 3.63) is 97.1 Å². The summed E-state index contributed by atoms with van der Waals surface area (Å²) in [4.78, 5) is 17.2. The van der Waals surface area contributed by atoms with Gasteiger partial charge in [0.1, 0.15) is 17.3 Å². The van der Waals surface area contributed by atoms with E-state index in [2.05, 4.69) is 20.5 Å². The summed E-state index contributed by atoms with van der Waals surface area (Å²) >= 11 is 0. The Morgan fingerprint density at radius 2 is 1.78 bits per heavy atom. The van der Waals surface area contributed by atoms with E-state index in [1.807, 2.05) is 20.2 Å². The van der Waals surface area contributed by atoms with E-state index in [9.17, 15) is 9.18 Å². The molecule has 3 aromatic heterocycles. The molecule has 5 rings (SSSR count). The van der Waals surface area contributed by atoms with Gasteiger partial charge in [-0.1, -0.05) is 0 Å². The van der Waals surface area contributed by atoms with E-state index in [0.717, 1.165) is 11.1 Å². The highest BCUT2D eigenvalue weighted by molar-refractivity contribution is 6.04. The first kappa shape index (κ1) is 23.7. The second-order valence-corrected chi connectivity index (χ2v) is 8.05. The molecule has 1 N–H and O–H groups in total. The number of rotatable bonds is 8. The fourth-order valence-electron chi connectivity index (χ4n) is 3.67. The largest absolute Gasteiger partial charge is 0.490 e. The molecule has 0 bridgehead atoms. The average Bonchev–Trinajstić information content (AvgIpc) is 3.53. The zero-order valence-corrected chi connectivity index (χ0v) is 20.1. The van der Waals surface area contributed by atoms with Crippen LogP contribution in [0.4, 0.5) is 10.1 Å². The summed E-state index contributed by atoms with van der Waals surface area (Å²) in [6.45, 7) is 2.18. The monoisotopic (exact) mass is 498 g/mol. The highest BCUT2D eigenvalue weighted by Gasteiger charge is 2.19. The molecule has 0 saturated carbocycles. The molecule has 5 aromatic rings. The number of aryl methyl sites for hydroxylation is 1. The van der Waals surface area contributed by atoms with Crippen molar-refractivity contribution in [2.75, 3.05) is 11.9 Å². The normalized spacial score (nSPS) is 10.8. The quantitative estimate of drug-likeness (QED) is 0.314.